The summed E-state index contributed by atoms with van der Waals surface area (Å²) in [6.07, 6.45) is 1.13. The van der Waals surface area contributed by atoms with Crippen molar-refractivity contribution in [2.24, 2.45) is 10.9 Å². The Labute approximate surface area is 187 Å². The first-order valence-electron chi connectivity index (χ1n) is 9.68. The average molecular weight is 462 g/mol. The topological polar surface area (TPSA) is 133 Å². The minimum atomic E-state index is -1.85. The van der Waals surface area contributed by atoms with Gasteiger partial charge in [0, 0.05) is 24.6 Å². The summed E-state index contributed by atoms with van der Waals surface area (Å²) >= 11 is 6.39. The summed E-state index contributed by atoms with van der Waals surface area (Å²) in [7, 11) is 2.81. The van der Waals surface area contributed by atoms with Gasteiger partial charge in [-0.1, -0.05) is 23.7 Å². The van der Waals surface area contributed by atoms with Crippen molar-refractivity contribution in [2.75, 3.05) is 14.2 Å². The van der Waals surface area contributed by atoms with Crippen molar-refractivity contribution in [2.45, 2.75) is 32.4 Å². The minimum Gasteiger partial charge on any atom is -0.507 e. The predicted octanol–water partition coefficient (Wildman–Crippen LogP) is 3.05. The van der Waals surface area contributed by atoms with E-state index < -0.39 is 23.1 Å². The van der Waals surface area contributed by atoms with Crippen molar-refractivity contribution < 1.29 is 33.4 Å². The monoisotopic (exact) mass is 461 g/mol. The molecule has 2 atom stereocenters. The Bertz CT molecular complexity index is 1190. The Morgan fingerprint density at radius 2 is 2.06 bits per heavy atom. The van der Waals surface area contributed by atoms with Crippen LogP contribution in [0.25, 0.3) is 0 Å². The van der Waals surface area contributed by atoms with Gasteiger partial charge in [-0.15, -0.1) is 0 Å². The molecule has 1 aromatic carbocycles. The SMILES string of the molecule is COc1cc(OC)c2c(c1Cl)OC1(C2=O)C(O)=C(C=NCc2nc(C)no2)C(=O)CC1C. The van der Waals surface area contributed by atoms with Crippen molar-refractivity contribution in [1.29, 1.82) is 0 Å². The van der Waals surface area contributed by atoms with Crippen molar-refractivity contribution in [3.63, 3.8) is 0 Å². The standard InChI is InChI=1S/C21H20ClN3O7/c1-9-5-12(26)11(7-23-8-15-24-10(2)25-32-15)19(27)21(9)20(28)16-13(29-3)6-14(30-4)17(22)18(16)31-21/h6-7,9,27H,5,8H2,1-4H3. The maximum absolute atomic E-state index is 13.6. The second-order valence-electron chi connectivity index (χ2n) is 7.46. The number of ketones is 2. The molecule has 168 valence electrons. The Kier molecular flexibility index (Phi) is 5.41. The number of hydrogen-bond donors (Lipinski definition) is 1. The van der Waals surface area contributed by atoms with E-state index in [0.717, 1.165) is 0 Å². The zero-order valence-corrected chi connectivity index (χ0v) is 18.5. The fraction of sp³-hybridized carbons (Fsp3) is 0.381. The number of aryl methyl sites for hydroxylation is 1. The first-order valence-corrected chi connectivity index (χ1v) is 10.1. The molecule has 1 aromatic heterocycles. The highest BCUT2D eigenvalue weighted by Crippen LogP contribution is 2.54. The number of methoxy groups -OCH3 is 2. The number of carbonyl (C=O) groups is 2. The number of aliphatic hydroxyl groups excluding tert-OH is 1. The number of carbonyl (C=O) groups excluding carboxylic acids is 2. The molecule has 0 bridgehead atoms. The summed E-state index contributed by atoms with van der Waals surface area (Å²) in [6.45, 7) is 3.31. The van der Waals surface area contributed by atoms with E-state index in [1.54, 1.807) is 13.8 Å². The zero-order chi connectivity index (χ0) is 23.2. The first kappa shape index (κ1) is 21.8. The number of ether oxygens (including phenoxy) is 3. The molecule has 0 fully saturated rings. The molecule has 0 saturated carbocycles. The number of halogens is 1. The van der Waals surface area contributed by atoms with Gasteiger partial charge in [0.1, 0.15) is 28.6 Å². The van der Waals surface area contributed by atoms with Gasteiger partial charge < -0.3 is 23.8 Å². The van der Waals surface area contributed by atoms with Crippen molar-refractivity contribution in [1.82, 2.24) is 10.1 Å². The predicted molar refractivity (Wildman–Crippen MR) is 112 cm³/mol. The third-order valence-corrected chi connectivity index (χ3v) is 5.89. The number of rotatable bonds is 5. The lowest BCUT2D eigenvalue weighted by Crippen LogP contribution is -2.52. The van der Waals surface area contributed by atoms with E-state index in [0.29, 0.717) is 5.82 Å². The molecule has 2 heterocycles. The second-order valence-corrected chi connectivity index (χ2v) is 7.84. The van der Waals surface area contributed by atoms with Crippen LogP contribution in [0.4, 0.5) is 0 Å². The maximum atomic E-state index is 13.6. The molecule has 1 aliphatic heterocycles. The van der Waals surface area contributed by atoms with Crippen LogP contribution in [0.15, 0.2) is 26.9 Å². The molecular formula is C21H20ClN3O7. The average Bonchev–Trinajstić information content (AvgIpc) is 3.32. The van der Waals surface area contributed by atoms with Gasteiger partial charge >= 0.3 is 0 Å². The van der Waals surface area contributed by atoms with E-state index in [9.17, 15) is 14.7 Å². The highest BCUT2D eigenvalue weighted by molar-refractivity contribution is 6.35. The van der Waals surface area contributed by atoms with Crippen LogP contribution in [0.1, 0.15) is 35.4 Å². The lowest BCUT2D eigenvalue weighted by molar-refractivity contribution is -0.118. The van der Waals surface area contributed by atoms with Gasteiger partial charge in [0.05, 0.1) is 19.8 Å². The molecule has 1 aliphatic carbocycles. The van der Waals surface area contributed by atoms with Crippen LogP contribution in [-0.2, 0) is 11.3 Å². The first-order chi connectivity index (χ1) is 15.2. The van der Waals surface area contributed by atoms with Crippen LogP contribution in [0.5, 0.6) is 17.2 Å². The third kappa shape index (κ3) is 3.13. The largest absolute Gasteiger partial charge is 0.507 e. The summed E-state index contributed by atoms with van der Waals surface area (Å²) in [5, 5.41) is 14.9. The molecular weight excluding hydrogens is 442 g/mol. The number of aliphatic hydroxyl groups is 1. The number of hydrogen-bond acceptors (Lipinski definition) is 10. The van der Waals surface area contributed by atoms with Gasteiger partial charge in [-0.05, 0) is 6.92 Å². The lowest BCUT2D eigenvalue weighted by Gasteiger charge is -2.36. The van der Waals surface area contributed by atoms with Gasteiger partial charge in [-0.25, -0.2) is 0 Å². The van der Waals surface area contributed by atoms with Crippen LogP contribution < -0.4 is 14.2 Å². The highest BCUT2D eigenvalue weighted by Gasteiger charge is 2.60. The van der Waals surface area contributed by atoms with Gasteiger partial charge in [0.25, 0.3) is 0 Å². The number of allylic oxidation sites excluding steroid dienone is 1. The van der Waals surface area contributed by atoms with Crippen molar-refractivity contribution in [3.8, 4) is 17.2 Å². The Morgan fingerprint density at radius 1 is 1.34 bits per heavy atom. The summed E-state index contributed by atoms with van der Waals surface area (Å²) < 4.78 is 21.6. The number of Topliss-reactive ketones (excluding diaryl/α,β-unsaturated/α-hetero) is 2. The molecule has 32 heavy (non-hydrogen) atoms. The molecule has 0 amide bonds. The van der Waals surface area contributed by atoms with Crippen molar-refractivity contribution >= 4 is 29.4 Å². The molecule has 2 unspecified atom stereocenters. The summed E-state index contributed by atoms with van der Waals surface area (Å²) in [4.78, 5) is 34.4. The summed E-state index contributed by atoms with van der Waals surface area (Å²) in [6, 6.07) is 1.47. The number of fused-ring (bicyclic) bond motifs is 1. The quantitative estimate of drug-likeness (QED) is 0.666. The highest BCUT2D eigenvalue weighted by atomic mass is 35.5. The molecule has 1 N–H and O–H groups in total. The maximum Gasteiger partial charge on any atom is 0.248 e. The van der Waals surface area contributed by atoms with Crippen LogP contribution in [0.2, 0.25) is 5.02 Å². The van der Waals surface area contributed by atoms with Crippen LogP contribution in [0.3, 0.4) is 0 Å². The van der Waals surface area contributed by atoms with E-state index >= 15 is 0 Å². The zero-order valence-electron chi connectivity index (χ0n) is 17.8. The lowest BCUT2D eigenvalue weighted by atomic mass is 9.73. The van der Waals surface area contributed by atoms with E-state index in [1.165, 1.54) is 26.5 Å². The van der Waals surface area contributed by atoms with E-state index in [1.807, 2.05) is 0 Å². The van der Waals surface area contributed by atoms with E-state index in [2.05, 4.69) is 15.1 Å². The smallest absolute Gasteiger partial charge is 0.248 e. The number of aromatic nitrogens is 2. The second kappa shape index (κ2) is 7.94. The van der Waals surface area contributed by atoms with Gasteiger partial charge in [-0.2, -0.15) is 4.98 Å². The normalized spacial score (nSPS) is 22.6. The molecule has 1 spiro atoms. The number of nitrogens with zero attached hydrogens (tertiary/aromatic N) is 3. The van der Waals surface area contributed by atoms with Gasteiger partial charge in [0.15, 0.2) is 23.1 Å². The van der Waals surface area contributed by atoms with Crippen molar-refractivity contribution in [3.05, 3.63) is 39.7 Å². The van der Waals surface area contributed by atoms with Gasteiger partial charge in [-0.3, -0.25) is 14.6 Å². The van der Waals surface area contributed by atoms with Crippen LogP contribution in [0, 0.1) is 12.8 Å². The Balaban J connectivity index is 1.79. The molecule has 2 aromatic rings. The Morgan fingerprint density at radius 3 is 2.69 bits per heavy atom. The summed E-state index contributed by atoms with van der Waals surface area (Å²) in [5.41, 5.74) is -1.91. The van der Waals surface area contributed by atoms with E-state index in [4.69, 9.17) is 30.3 Å². The van der Waals surface area contributed by atoms with Crippen LogP contribution in [-0.4, -0.2) is 52.8 Å². The van der Waals surface area contributed by atoms with Gasteiger partial charge in [0.2, 0.25) is 17.3 Å². The number of aliphatic imine (C=N–C) groups is 1. The number of benzene rings is 1. The fourth-order valence-electron chi connectivity index (χ4n) is 3.93. The molecule has 10 nitrogen and oxygen atoms in total. The van der Waals surface area contributed by atoms with E-state index in [-0.39, 0.29) is 58.0 Å². The summed E-state index contributed by atoms with van der Waals surface area (Å²) in [5.74, 6) is -1.02. The molecule has 2 aliphatic rings. The molecule has 4 rings (SSSR count). The Hall–Kier alpha value is -3.40. The van der Waals surface area contributed by atoms with Crippen LogP contribution >= 0.6 is 11.6 Å². The fourth-order valence-corrected chi connectivity index (χ4v) is 4.20. The third-order valence-electron chi connectivity index (χ3n) is 5.53. The minimum absolute atomic E-state index is 0.000662. The molecule has 0 saturated heterocycles. The molecule has 0 radical (unpaired) electrons. The molecule has 11 heteroatoms.